The molecular formula is C14H14BrNO3. The topological polar surface area (TPSA) is 53.7 Å². The summed E-state index contributed by atoms with van der Waals surface area (Å²) < 4.78 is 5.80. The van der Waals surface area contributed by atoms with Gasteiger partial charge < -0.3 is 14.4 Å². The van der Waals surface area contributed by atoms with Crippen molar-refractivity contribution in [1.82, 2.24) is 0 Å². The maximum Gasteiger partial charge on any atom is 0.294 e. The molecule has 0 aliphatic heterocycles. The molecule has 1 N–H and O–H groups in total. The fourth-order valence-corrected chi connectivity index (χ4v) is 2.18. The van der Waals surface area contributed by atoms with Gasteiger partial charge in [-0.05, 0) is 53.5 Å². The minimum atomic E-state index is -0.234. The highest BCUT2D eigenvalue weighted by atomic mass is 79.9. The fourth-order valence-electron chi connectivity index (χ4n) is 1.87. The van der Waals surface area contributed by atoms with E-state index in [2.05, 4.69) is 15.9 Å². The number of anilines is 1. The van der Waals surface area contributed by atoms with E-state index in [1.165, 1.54) is 0 Å². The Balaban J connectivity index is 2.39. The fraction of sp³-hybridized carbons (Fsp3) is 0.214. The Labute approximate surface area is 119 Å². The molecule has 0 atom stereocenters. The van der Waals surface area contributed by atoms with E-state index in [1.807, 2.05) is 13.8 Å². The summed E-state index contributed by atoms with van der Waals surface area (Å²) in [5.74, 6) is 0.158. The van der Waals surface area contributed by atoms with Crippen molar-refractivity contribution in [1.29, 1.82) is 0 Å². The van der Waals surface area contributed by atoms with Gasteiger partial charge in [-0.2, -0.15) is 0 Å². The Kier molecular flexibility index (Phi) is 3.95. The number of aromatic hydroxyl groups is 1. The minimum Gasteiger partial charge on any atom is -0.508 e. The molecule has 1 aromatic heterocycles. The average molecular weight is 324 g/mol. The van der Waals surface area contributed by atoms with Gasteiger partial charge in [-0.25, -0.2) is 0 Å². The van der Waals surface area contributed by atoms with Crippen molar-refractivity contribution in [2.45, 2.75) is 13.8 Å². The number of rotatable bonds is 3. The van der Waals surface area contributed by atoms with Gasteiger partial charge in [0.1, 0.15) is 5.75 Å². The van der Waals surface area contributed by atoms with Crippen LogP contribution in [-0.2, 0) is 0 Å². The summed E-state index contributed by atoms with van der Waals surface area (Å²) in [7, 11) is 0. The van der Waals surface area contributed by atoms with Crippen molar-refractivity contribution in [3.05, 3.63) is 46.3 Å². The smallest absolute Gasteiger partial charge is 0.294 e. The van der Waals surface area contributed by atoms with Gasteiger partial charge in [0.15, 0.2) is 10.4 Å². The van der Waals surface area contributed by atoms with Crippen molar-refractivity contribution in [3.8, 4) is 5.75 Å². The molecule has 0 fully saturated rings. The van der Waals surface area contributed by atoms with Gasteiger partial charge in [-0.3, -0.25) is 4.79 Å². The van der Waals surface area contributed by atoms with Gasteiger partial charge >= 0.3 is 0 Å². The van der Waals surface area contributed by atoms with Gasteiger partial charge in [0.25, 0.3) is 5.91 Å². The normalized spacial score (nSPS) is 10.5. The molecule has 1 aromatic carbocycles. The second kappa shape index (κ2) is 5.48. The Hall–Kier alpha value is -1.75. The quantitative estimate of drug-likeness (QED) is 0.936. The zero-order valence-electron chi connectivity index (χ0n) is 10.7. The Morgan fingerprint density at radius 3 is 2.68 bits per heavy atom. The SMILES string of the molecule is CCN(C(=O)c1ccc(Br)o1)c1cc(O)ccc1C. The van der Waals surface area contributed by atoms with E-state index in [0.29, 0.717) is 16.9 Å². The van der Waals surface area contributed by atoms with Crippen LogP contribution in [0.15, 0.2) is 39.4 Å². The molecule has 2 rings (SSSR count). The second-order valence-corrected chi connectivity index (χ2v) is 4.91. The van der Waals surface area contributed by atoms with Crippen molar-refractivity contribution in [2.24, 2.45) is 0 Å². The van der Waals surface area contributed by atoms with E-state index in [0.717, 1.165) is 5.56 Å². The number of aryl methyl sites for hydroxylation is 1. The van der Waals surface area contributed by atoms with Crippen LogP contribution < -0.4 is 4.90 Å². The molecule has 0 saturated heterocycles. The van der Waals surface area contributed by atoms with Crippen LogP contribution in [0.1, 0.15) is 23.0 Å². The van der Waals surface area contributed by atoms with E-state index >= 15 is 0 Å². The summed E-state index contributed by atoms with van der Waals surface area (Å²) in [5, 5.41) is 9.57. The lowest BCUT2D eigenvalue weighted by Crippen LogP contribution is -2.30. The number of phenolic OH excluding ortho intramolecular Hbond substituents is 1. The first-order valence-corrected chi connectivity index (χ1v) is 6.69. The van der Waals surface area contributed by atoms with Gasteiger partial charge in [-0.1, -0.05) is 6.07 Å². The highest BCUT2D eigenvalue weighted by molar-refractivity contribution is 9.10. The molecule has 1 heterocycles. The first-order chi connectivity index (χ1) is 9.02. The van der Waals surface area contributed by atoms with Crippen LogP contribution in [0.3, 0.4) is 0 Å². The third-order valence-corrected chi connectivity index (χ3v) is 3.26. The molecular weight excluding hydrogens is 310 g/mol. The zero-order chi connectivity index (χ0) is 14.0. The van der Waals surface area contributed by atoms with Crippen LogP contribution in [0.4, 0.5) is 5.69 Å². The third kappa shape index (κ3) is 2.81. The van der Waals surface area contributed by atoms with Crippen LogP contribution in [-0.4, -0.2) is 17.6 Å². The van der Waals surface area contributed by atoms with Crippen LogP contribution in [0.2, 0.25) is 0 Å². The number of amides is 1. The maximum absolute atomic E-state index is 12.4. The van der Waals surface area contributed by atoms with Crippen molar-refractivity contribution in [3.63, 3.8) is 0 Å². The van der Waals surface area contributed by atoms with Crippen LogP contribution >= 0.6 is 15.9 Å². The largest absolute Gasteiger partial charge is 0.508 e. The predicted molar refractivity (Wildman–Crippen MR) is 76.6 cm³/mol. The molecule has 5 heteroatoms. The Morgan fingerprint density at radius 1 is 1.37 bits per heavy atom. The second-order valence-electron chi connectivity index (χ2n) is 4.12. The van der Waals surface area contributed by atoms with Crippen LogP contribution in [0, 0.1) is 6.92 Å². The molecule has 1 amide bonds. The summed E-state index contributed by atoms with van der Waals surface area (Å²) >= 11 is 3.18. The molecule has 0 aliphatic carbocycles. The summed E-state index contributed by atoms with van der Waals surface area (Å²) in [6.07, 6.45) is 0. The van der Waals surface area contributed by atoms with Crippen molar-refractivity contribution >= 4 is 27.5 Å². The summed E-state index contributed by atoms with van der Waals surface area (Å²) in [6, 6.07) is 8.25. The van der Waals surface area contributed by atoms with E-state index in [1.54, 1.807) is 35.2 Å². The van der Waals surface area contributed by atoms with Crippen LogP contribution in [0.25, 0.3) is 0 Å². The van der Waals surface area contributed by atoms with Gasteiger partial charge in [0.2, 0.25) is 0 Å². The molecule has 2 aromatic rings. The molecule has 0 saturated carbocycles. The van der Waals surface area contributed by atoms with E-state index in [4.69, 9.17) is 4.42 Å². The summed E-state index contributed by atoms with van der Waals surface area (Å²) in [5.41, 5.74) is 1.60. The van der Waals surface area contributed by atoms with E-state index in [9.17, 15) is 9.90 Å². The number of hydrogen-bond donors (Lipinski definition) is 1. The lowest BCUT2D eigenvalue weighted by atomic mass is 10.1. The number of benzene rings is 1. The van der Waals surface area contributed by atoms with Crippen molar-refractivity contribution < 1.29 is 14.3 Å². The van der Waals surface area contributed by atoms with Gasteiger partial charge in [0.05, 0.1) is 5.69 Å². The first kappa shape index (κ1) is 13.7. The number of halogens is 1. The number of phenols is 1. The first-order valence-electron chi connectivity index (χ1n) is 5.89. The molecule has 19 heavy (non-hydrogen) atoms. The van der Waals surface area contributed by atoms with Crippen molar-refractivity contribution in [2.75, 3.05) is 11.4 Å². The molecule has 0 bridgehead atoms. The standard InChI is InChI=1S/C14H14BrNO3/c1-3-16(11-8-10(17)5-4-9(11)2)14(18)12-6-7-13(15)19-12/h4-8,17H,3H2,1-2H3. The molecule has 0 aliphatic rings. The molecule has 0 radical (unpaired) electrons. The summed E-state index contributed by atoms with van der Waals surface area (Å²) in [4.78, 5) is 14.0. The molecule has 0 unspecified atom stereocenters. The number of carbonyl (C=O) groups is 1. The minimum absolute atomic E-state index is 0.132. The van der Waals surface area contributed by atoms with E-state index in [-0.39, 0.29) is 17.4 Å². The number of nitrogens with zero attached hydrogens (tertiary/aromatic N) is 1. The highest BCUT2D eigenvalue weighted by Crippen LogP contribution is 2.27. The lowest BCUT2D eigenvalue weighted by Gasteiger charge is -2.22. The maximum atomic E-state index is 12.4. The predicted octanol–water partition coefficient (Wildman–Crippen LogP) is 3.72. The number of carbonyl (C=O) groups excluding carboxylic acids is 1. The third-order valence-electron chi connectivity index (χ3n) is 2.83. The Bertz CT molecular complexity index is 606. The highest BCUT2D eigenvalue weighted by Gasteiger charge is 2.21. The van der Waals surface area contributed by atoms with E-state index < -0.39 is 0 Å². The molecule has 100 valence electrons. The van der Waals surface area contributed by atoms with Gasteiger partial charge in [0, 0.05) is 12.6 Å². The van der Waals surface area contributed by atoms with Crippen LogP contribution in [0.5, 0.6) is 5.75 Å². The average Bonchev–Trinajstić information content (AvgIpc) is 2.81. The molecule has 0 spiro atoms. The number of furan rings is 1. The Morgan fingerprint density at radius 2 is 2.11 bits per heavy atom. The zero-order valence-corrected chi connectivity index (χ0v) is 12.3. The number of hydrogen-bond acceptors (Lipinski definition) is 3. The summed E-state index contributed by atoms with van der Waals surface area (Å²) in [6.45, 7) is 4.25. The molecule has 4 nitrogen and oxygen atoms in total. The lowest BCUT2D eigenvalue weighted by molar-refractivity contribution is 0.0960. The monoisotopic (exact) mass is 323 g/mol. The van der Waals surface area contributed by atoms with Gasteiger partial charge in [-0.15, -0.1) is 0 Å².